The minimum Gasteiger partial charge on any atom is -0.337 e. The highest BCUT2D eigenvalue weighted by molar-refractivity contribution is 7.94. The van der Waals surface area contributed by atoms with Gasteiger partial charge < -0.3 is 4.90 Å². The van der Waals surface area contributed by atoms with Crippen molar-refractivity contribution in [2.24, 2.45) is 5.92 Å². The van der Waals surface area contributed by atoms with Crippen LogP contribution >= 0.6 is 0 Å². The zero-order valence-electron chi connectivity index (χ0n) is 14.4. The molecule has 0 aliphatic carbocycles. The summed E-state index contributed by atoms with van der Waals surface area (Å²) in [5.41, 5.74) is 2.30. The van der Waals surface area contributed by atoms with Crippen LogP contribution in [0.3, 0.4) is 0 Å². The molecule has 0 bridgehead atoms. The molecule has 2 aliphatic rings. The Labute approximate surface area is 144 Å². The molecule has 0 radical (unpaired) electrons. The van der Waals surface area contributed by atoms with E-state index in [-0.39, 0.29) is 23.1 Å². The van der Waals surface area contributed by atoms with Crippen LogP contribution in [0, 0.1) is 12.8 Å². The number of benzene rings is 1. The minimum atomic E-state index is -3.10. The Balaban J connectivity index is 1.68. The number of likely N-dealkylation sites (tertiary alicyclic amines) is 1. The molecular weight excluding hydrogens is 322 g/mol. The van der Waals surface area contributed by atoms with E-state index in [0.29, 0.717) is 6.42 Å². The smallest absolute Gasteiger partial charge is 0.223 e. The average Bonchev–Trinajstić information content (AvgIpc) is 3.04. The average molecular weight is 347 g/mol. The third kappa shape index (κ3) is 3.72. The van der Waals surface area contributed by atoms with E-state index >= 15 is 0 Å². The van der Waals surface area contributed by atoms with Crippen LogP contribution in [0.5, 0.6) is 0 Å². The van der Waals surface area contributed by atoms with E-state index in [2.05, 4.69) is 38.1 Å². The predicted molar refractivity (Wildman–Crippen MR) is 95.3 cm³/mol. The van der Waals surface area contributed by atoms with Gasteiger partial charge in [-0.25, -0.2) is 8.42 Å². The molecule has 1 fully saturated rings. The van der Waals surface area contributed by atoms with Gasteiger partial charge in [0.1, 0.15) is 0 Å². The maximum atomic E-state index is 12.8. The second kappa shape index (κ2) is 6.36. The van der Waals surface area contributed by atoms with Crippen molar-refractivity contribution in [2.45, 2.75) is 45.1 Å². The number of hydrogen-bond donors (Lipinski definition) is 0. The number of nitrogens with zero attached hydrogens (tertiary/aromatic N) is 1. The van der Waals surface area contributed by atoms with E-state index in [1.54, 1.807) is 6.08 Å². The van der Waals surface area contributed by atoms with Crippen LogP contribution < -0.4 is 0 Å². The van der Waals surface area contributed by atoms with E-state index < -0.39 is 9.84 Å². The second-order valence-corrected chi connectivity index (χ2v) is 9.36. The molecular formula is C19H25NO3S. The summed E-state index contributed by atoms with van der Waals surface area (Å²) < 4.78 is 23.1. The highest BCUT2D eigenvalue weighted by atomic mass is 32.2. The predicted octanol–water partition coefficient (Wildman–Crippen LogP) is 2.87. The minimum absolute atomic E-state index is 0.0707. The van der Waals surface area contributed by atoms with Crippen molar-refractivity contribution in [1.82, 2.24) is 4.90 Å². The second-order valence-electron chi connectivity index (χ2n) is 7.43. The maximum Gasteiger partial charge on any atom is 0.223 e. The highest BCUT2D eigenvalue weighted by Gasteiger charge is 2.40. The molecule has 0 saturated carbocycles. The van der Waals surface area contributed by atoms with Crippen molar-refractivity contribution in [3.63, 3.8) is 0 Å². The fourth-order valence-corrected chi connectivity index (χ4v) is 5.28. The van der Waals surface area contributed by atoms with Gasteiger partial charge in [0.15, 0.2) is 9.84 Å². The van der Waals surface area contributed by atoms with Gasteiger partial charge in [-0.1, -0.05) is 35.9 Å². The first-order valence-corrected chi connectivity index (χ1v) is 10.3. The molecule has 0 spiro atoms. The molecule has 4 nitrogen and oxygen atoms in total. The summed E-state index contributed by atoms with van der Waals surface area (Å²) in [6, 6.07) is 8.48. The van der Waals surface area contributed by atoms with Crippen LogP contribution in [-0.4, -0.2) is 37.1 Å². The number of rotatable bonds is 4. The zero-order valence-corrected chi connectivity index (χ0v) is 15.2. The van der Waals surface area contributed by atoms with E-state index in [0.717, 1.165) is 25.8 Å². The molecule has 2 aliphatic heterocycles. The molecule has 1 aromatic rings. The van der Waals surface area contributed by atoms with Crippen LogP contribution in [0.25, 0.3) is 0 Å². The number of carbonyl (C=O) groups excluding carboxylic acids is 1. The Morgan fingerprint density at radius 1 is 1.29 bits per heavy atom. The number of amides is 1. The summed E-state index contributed by atoms with van der Waals surface area (Å²) in [5.74, 6) is -0.0260. The normalized spacial score (nSPS) is 28.4. The van der Waals surface area contributed by atoms with Crippen LogP contribution in [0.1, 0.15) is 37.3 Å². The van der Waals surface area contributed by atoms with E-state index in [9.17, 15) is 13.2 Å². The number of carbonyl (C=O) groups is 1. The lowest BCUT2D eigenvalue weighted by Gasteiger charge is -2.36. The lowest BCUT2D eigenvalue weighted by Crippen LogP contribution is -2.47. The topological polar surface area (TPSA) is 54.5 Å². The Hall–Kier alpha value is -1.62. The third-order valence-electron chi connectivity index (χ3n) is 5.20. The number of allylic oxidation sites excluding steroid dienone is 1. The van der Waals surface area contributed by atoms with Crippen molar-refractivity contribution in [1.29, 1.82) is 0 Å². The first-order chi connectivity index (χ1) is 11.3. The third-order valence-corrected chi connectivity index (χ3v) is 6.66. The fraction of sp³-hybridized carbons (Fsp3) is 0.526. The summed E-state index contributed by atoms with van der Waals surface area (Å²) in [4.78, 5) is 14.7. The number of aryl methyl sites for hydroxylation is 1. The van der Waals surface area contributed by atoms with E-state index in [1.165, 1.54) is 16.5 Å². The van der Waals surface area contributed by atoms with E-state index in [1.807, 2.05) is 4.90 Å². The van der Waals surface area contributed by atoms with Crippen molar-refractivity contribution < 1.29 is 13.2 Å². The van der Waals surface area contributed by atoms with Crippen molar-refractivity contribution in [2.75, 3.05) is 12.3 Å². The Morgan fingerprint density at radius 2 is 2.00 bits per heavy atom. The molecule has 3 rings (SSSR count). The number of sulfone groups is 1. The van der Waals surface area contributed by atoms with Gasteiger partial charge >= 0.3 is 0 Å². The van der Waals surface area contributed by atoms with Gasteiger partial charge in [0.05, 0.1) is 5.75 Å². The summed E-state index contributed by atoms with van der Waals surface area (Å²) in [7, 11) is -3.10. The van der Waals surface area contributed by atoms with Gasteiger partial charge in [-0.05, 0) is 38.7 Å². The fourth-order valence-electron chi connectivity index (χ4n) is 3.88. The molecule has 2 atom stereocenters. The van der Waals surface area contributed by atoms with Gasteiger partial charge in [0.25, 0.3) is 0 Å². The first-order valence-electron chi connectivity index (χ1n) is 8.54. The lowest BCUT2D eigenvalue weighted by atomic mass is 9.89. The van der Waals surface area contributed by atoms with Crippen molar-refractivity contribution >= 4 is 15.7 Å². The van der Waals surface area contributed by atoms with Crippen molar-refractivity contribution in [3.8, 4) is 0 Å². The summed E-state index contributed by atoms with van der Waals surface area (Å²) in [5, 5.41) is 1.25. The molecule has 2 unspecified atom stereocenters. The molecule has 0 aromatic heterocycles. The molecule has 2 heterocycles. The number of hydrogen-bond acceptors (Lipinski definition) is 3. The van der Waals surface area contributed by atoms with Gasteiger partial charge in [-0.3, -0.25) is 4.79 Å². The Morgan fingerprint density at radius 3 is 2.62 bits per heavy atom. The molecule has 1 saturated heterocycles. The van der Waals surface area contributed by atoms with Gasteiger partial charge in [-0.15, -0.1) is 0 Å². The monoisotopic (exact) mass is 347 g/mol. The van der Waals surface area contributed by atoms with Gasteiger partial charge in [0.2, 0.25) is 5.91 Å². The molecule has 24 heavy (non-hydrogen) atoms. The molecule has 0 N–H and O–H groups in total. The largest absolute Gasteiger partial charge is 0.337 e. The summed E-state index contributed by atoms with van der Waals surface area (Å²) in [6.07, 6.45) is 4.80. The lowest BCUT2D eigenvalue weighted by molar-refractivity contribution is -0.135. The highest BCUT2D eigenvalue weighted by Crippen LogP contribution is 2.34. The quantitative estimate of drug-likeness (QED) is 0.841. The van der Waals surface area contributed by atoms with Crippen LogP contribution in [-0.2, 0) is 21.1 Å². The molecule has 1 aromatic carbocycles. The van der Waals surface area contributed by atoms with Crippen LogP contribution in [0.2, 0.25) is 0 Å². The maximum absolute atomic E-state index is 12.8. The van der Waals surface area contributed by atoms with Crippen LogP contribution in [0.4, 0.5) is 0 Å². The van der Waals surface area contributed by atoms with Gasteiger partial charge in [-0.2, -0.15) is 0 Å². The summed E-state index contributed by atoms with van der Waals surface area (Å²) >= 11 is 0. The first kappa shape index (κ1) is 17.2. The SMILES string of the molecule is Cc1ccc(CC2(C)CCCN2C(=O)CC2C=CS(=O)(=O)C2)cc1. The standard InChI is InChI=1S/C19H25NO3S/c1-15-4-6-16(7-5-15)13-19(2)9-3-10-20(19)18(21)12-17-8-11-24(22,23)14-17/h4-8,11,17H,3,9-10,12-14H2,1-2H3. The Kier molecular flexibility index (Phi) is 4.56. The molecule has 1 amide bonds. The molecule has 5 heteroatoms. The Bertz CT molecular complexity index is 751. The zero-order chi connectivity index (χ0) is 17.4. The van der Waals surface area contributed by atoms with Crippen molar-refractivity contribution in [3.05, 3.63) is 46.9 Å². The molecule has 130 valence electrons. The van der Waals surface area contributed by atoms with Gasteiger partial charge in [0, 0.05) is 29.8 Å². The summed E-state index contributed by atoms with van der Waals surface area (Å²) in [6.45, 7) is 4.99. The van der Waals surface area contributed by atoms with E-state index in [4.69, 9.17) is 0 Å². The van der Waals surface area contributed by atoms with Crippen LogP contribution in [0.15, 0.2) is 35.7 Å².